The van der Waals surface area contributed by atoms with Gasteiger partial charge in [-0.3, -0.25) is 0 Å². The molecule has 1 aliphatic rings. The van der Waals surface area contributed by atoms with Gasteiger partial charge in [0.1, 0.15) is 0 Å². The van der Waals surface area contributed by atoms with Crippen molar-refractivity contribution in [1.29, 1.82) is 0 Å². The number of likely N-dealkylation sites (N-methyl/N-ethyl adjacent to an activating group) is 2. The van der Waals surface area contributed by atoms with Gasteiger partial charge in [0, 0.05) is 18.6 Å². The lowest BCUT2D eigenvalue weighted by Crippen LogP contribution is -2.58. The molecule has 0 aromatic heterocycles. The Hall–Kier alpha value is -0.650. The number of methoxy groups -OCH3 is 1. The molecule has 1 atom stereocenters. The molecule has 106 valence electrons. The molecular formula is C13H26N2O3. The van der Waals surface area contributed by atoms with Gasteiger partial charge in [-0.05, 0) is 47.3 Å². The minimum absolute atomic E-state index is 0.195. The van der Waals surface area contributed by atoms with E-state index in [4.69, 9.17) is 0 Å². The summed E-state index contributed by atoms with van der Waals surface area (Å²) < 4.78 is 4.61. The van der Waals surface area contributed by atoms with Gasteiger partial charge in [-0.2, -0.15) is 0 Å². The van der Waals surface area contributed by atoms with E-state index in [9.17, 15) is 9.90 Å². The van der Waals surface area contributed by atoms with Crippen molar-refractivity contribution >= 4 is 5.97 Å². The highest BCUT2D eigenvalue weighted by molar-refractivity contribution is 5.78. The molecule has 1 aliphatic carbocycles. The maximum Gasteiger partial charge on any atom is 0.338 e. The summed E-state index contributed by atoms with van der Waals surface area (Å²) in [7, 11) is 7.40. The van der Waals surface area contributed by atoms with Crippen LogP contribution in [0.25, 0.3) is 0 Å². The predicted octanol–water partition coefficient (Wildman–Crippen LogP) is 0.327. The number of carbonyl (C=O) groups is 1. The Labute approximate surface area is 110 Å². The van der Waals surface area contributed by atoms with E-state index in [2.05, 4.69) is 23.7 Å². The van der Waals surface area contributed by atoms with Crippen molar-refractivity contribution in [1.82, 2.24) is 9.80 Å². The molecule has 0 radical (unpaired) electrons. The van der Waals surface area contributed by atoms with Gasteiger partial charge in [0.15, 0.2) is 5.60 Å². The lowest BCUT2D eigenvalue weighted by molar-refractivity contribution is -0.162. The fourth-order valence-corrected chi connectivity index (χ4v) is 2.70. The normalized spacial score (nSPS) is 21.6. The number of aliphatic hydroxyl groups is 1. The molecule has 18 heavy (non-hydrogen) atoms. The molecule has 1 fully saturated rings. The number of hydrogen-bond acceptors (Lipinski definition) is 5. The number of esters is 1. The Balaban J connectivity index is 2.56. The Kier molecular flexibility index (Phi) is 4.75. The summed E-state index contributed by atoms with van der Waals surface area (Å²) in [5.41, 5.74) is -1.25. The van der Waals surface area contributed by atoms with Gasteiger partial charge in [-0.1, -0.05) is 0 Å². The average molecular weight is 258 g/mol. The third-order valence-corrected chi connectivity index (χ3v) is 4.00. The van der Waals surface area contributed by atoms with Crippen molar-refractivity contribution < 1.29 is 14.6 Å². The lowest BCUT2D eigenvalue weighted by Gasteiger charge is -2.49. The smallest absolute Gasteiger partial charge is 0.338 e. The van der Waals surface area contributed by atoms with Gasteiger partial charge >= 0.3 is 5.97 Å². The maximum absolute atomic E-state index is 11.4. The van der Waals surface area contributed by atoms with E-state index in [0.29, 0.717) is 0 Å². The van der Waals surface area contributed by atoms with E-state index >= 15 is 0 Å². The molecule has 0 aromatic rings. The fraction of sp³-hybridized carbons (Fsp3) is 0.923. The molecule has 1 N–H and O–H groups in total. The van der Waals surface area contributed by atoms with Gasteiger partial charge in [0.2, 0.25) is 0 Å². The van der Waals surface area contributed by atoms with Crippen LogP contribution in [0.5, 0.6) is 0 Å². The maximum atomic E-state index is 11.4. The van der Waals surface area contributed by atoms with E-state index in [1.165, 1.54) is 33.3 Å². The highest BCUT2D eigenvalue weighted by Crippen LogP contribution is 2.36. The molecule has 1 rings (SSSR count). The van der Waals surface area contributed by atoms with Crippen LogP contribution in [0.15, 0.2) is 0 Å². The lowest BCUT2D eigenvalue weighted by atomic mass is 9.75. The van der Waals surface area contributed by atoms with Crippen LogP contribution in [0.1, 0.15) is 26.2 Å². The quantitative estimate of drug-likeness (QED) is 0.696. The van der Waals surface area contributed by atoms with Crippen LogP contribution in [0.4, 0.5) is 0 Å². The Bertz CT molecular complexity index is 299. The fourth-order valence-electron chi connectivity index (χ4n) is 2.70. The monoisotopic (exact) mass is 258 g/mol. The van der Waals surface area contributed by atoms with Crippen LogP contribution in [0.2, 0.25) is 0 Å². The number of carbonyl (C=O) groups excluding carboxylic acids is 1. The second-order valence-corrected chi connectivity index (χ2v) is 5.91. The highest BCUT2D eigenvalue weighted by Gasteiger charge is 2.41. The molecule has 0 heterocycles. The van der Waals surface area contributed by atoms with Gasteiger partial charge < -0.3 is 19.6 Å². The molecule has 0 bridgehead atoms. The van der Waals surface area contributed by atoms with Gasteiger partial charge in [-0.15, -0.1) is 0 Å². The molecule has 0 aliphatic heterocycles. The molecule has 0 spiro atoms. The van der Waals surface area contributed by atoms with Crippen molar-refractivity contribution in [3.8, 4) is 0 Å². The number of hydrogen-bond donors (Lipinski definition) is 1. The van der Waals surface area contributed by atoms with Crippen molar-refractivity contribution in [2.45, 2.75) is 37.3 Å². The van der Waals surface area contributed by atoms with Crippen LogP contribution in [-0.2, 0) is 9.53 Å². The first-order chi connectivity index (χ1) is 8.23. The zero-order chi connectivity index (χ0) is 14.0. The number of ether oxygens (including phenoxy) is 1. The third-order valence-electron chi connectivity index (χ3n) is 4.00. The van der Waals surface area contributed by atoms with Crippen LogP contribution in [-0.4, -0.2) is 73.4 Å². The first-order valence-corrected chi connectivity index (χ1v) is 6.40. The summed E-state index contributed by atoms with van der Waals surface area (Å²) in [5.74, 6) is -0.582. The van der Waals surface area contributed by atoms with Gasteiger partial charge in [0.05, 0.1) is 7.11 Å². The molecule has 5 heteroatoms. The Morgan fingerprint density at radius 3 is 2.28 bits per heavy atom. The van der Waals surface area contributed by atoms with Crippen LogP contribution < -0.4 is 0 Å². The van der Waals surface area contributed by atoms with Gasteiger partial charge in [0.25, 0.3) is 0 Å². The van der Waals surface area contributed by atoms with E-state index in [1.807, 2.05) is 11.9 Å². The van der Waals surface area contributed by atoms with E-state index < -0.39 is 11.6 Å². The predicted molar refractivity (Wildman–Crippen MR) is 70.4 cm³/mol. The highest BCUT2D eigenvalue weighted by atomic mass is 16.5. The van der Waals surface area contributed by atoms with Crippen molar-refractivity contribution in [3.05, 3.63) is 0 Å². The van der Waals surface area contributed by atoms with Crippen LogP contribution in [0.3, 0.4) is 0 Å². The van der Waals surface area contributed by atoms with Crippen molar-refractivity contribution in [3.63, 3.8) is 0 Å². The second-order valence-electron chi connectivity index (χ2n) is 5.91. The summed E-state index contributed by atoms with van der Waals surface area (Å²) in [5, 5.41) is 10.0. The summed E-state index contributed by atoms with van der Waals surface area (Å²) in [6, 6.07) is 0. The number of nitrogens with zero attached hydrogens (tertiary/aromatic N) is 2. The third kappa shape index (κ3) is 3.22. The van der Waals surface area contributed by atoms with E-state index in [-0.39, 0.29) is 12.1 Å². The molecule has 1 unspecified atom stereocenters. The zero-order valence-electron chi connectivity index (χ0n) is 12.2. The topological polar surface area (TPSA) is 53.0 Å². The van der Waals surface area contributed by atoms with E-state index in [0.717, 1.165) is 6.54 Å². The second kappa shape index (κ2) is 5.55. The molecule has 0 aromatic carbocycles. The standard InChI is InChI=1S/C13H26N2O3/c1-12(17,11(16)18-5)9-15(4)10-13(14(2)3)7-6-8-13/h17H,6-10H2,1-5H3. The minimum atomic E-state index is -1.44. The average Bonchev–Trinajstić information content (AvgIpc) is 2.20. The summed E-state index contributed by atoms with van der Waals surface area (Å²) in [6.45, 7) is 2.64. The van der Waals surface area contributed by atoms with Crippen molar-refractivity contribution in [2.75, 3.05) is 41.3 Å². The SMILES string of the molecule is COC(=O)C(C)(O)CN(C)CC1(N(C)C)CCC1. The van der Waals surface area contributed by atoms with Crippen LogP contribution in [0, 0.1) is 0 Å². The first-order valence-electron chi connectivity index (χ1n) is 6.40. The zero-order valence-corrected chi connectivity index (χ0v) is 12.2. The van der Waals surface area contributed by atoms with Crippen molar-refractivity contribution in [2.24, 2.45) is 0 Å². The summed E-state index contributed by atoms with van der Waals surface area (Å²) >= 11 is 0. The van der Waals surface area contributed by atoms with E-state index in [1.54, 1.807) is 0 Å². The minimum Gasteiger partial charge on any atom is -0.467 e. The number of rotatable bonds is 6. The Morgan fingerprint density at radius 1 is 1.39 bits per heavy atom. The molecule has 0 amide bonds. The summed E-state index contributed by atoms with van der Waals surface area (Å²) in [4.78, 5) is 15.7. The molecule has 0 saturated heterocycles. The molecule has 5 nitrogen and oxygen atoms in total. The molecule has 1 saturated carbocycles. The largest absolute Gasteiger partial charge is 0.467 e. The first kappa shape index (κ1) is 15.4. The Morgan fingerprint density at radius 2 is 1.94 bits per heavy atom. The molecular weight excluding hydrogens is 232 g/mol. The summed E-state index contributed by atoms with van der Waals surface area (Å²) in [6.07, 6.45) is 3.59. The van der Waals surface area contributed by atoms with Gasteiger partial charge in [-0.25, -0.2) is 4.79 Å². The van der Waals surface area contributed by atoms with Crippen LogP contribution >= 0.6 is 0 Å².